The van der Waals surface area contributed by atoms with E-state index in [1.807, 2.05) is 42.5 Å². The molecule has 2 aromatic rings. The third-order valence-electron chi connectivity index (χ3n) is 2.82. The molecule has 1 aliphatic heterocycles. The van der Waals surface area contributed by atoms with Crippen molar-refractivity contribution in [2.75, 3.05) is 5.32 Å². The zero-order valence-corrected chi connectivity index (χ0v) is 9.21. The number of nitrogens with one attached hydrogen (secondary N) is 1. The highest BCUT2D eigenvalue weighted by atomic mass is 16.6. The molecule has 0 bridgehead atoms. The van der Waals surface area contributed by atoms with Crippen LogP contribution in [0.3, 0.4) is 0 Å². The Kier molecular flexibility index (Phi) is 2.46. The summed E-state index contributed by atoms with van der Waals surface area (Å²) < 4.78 is 5.54. The second kappa shape index (κ2) is 4.11. The van der Waals surface area contributed by atoms with E-state index < -0.39 is 0 Å². The average Bonchev–Trinajstić information content (AvgIpc) is 3.13. The minimum atomic E-state index is -0.0503. The Morgan fingerprint density at radius 1 is 0.941 bits per heavy atom. The lowest BCUT2D eigenvalue weighted by Gasteiger charge is -2.04. The molecule has 17 heavy (non-hydrogen) atoms. The van der Waals surface area contributed by atoms with Crippen LogP contribution in [-0.4, -0.2) is 11.3 Å². The largest absolute Gasteiger partial charge is 0.506 e. The summed E-state index contributed by atoms with van der Waals surface area (Å²) in [5.41, 5.74) is 1.86. The lowest BCUT2D eigenvalue weighted by molar-refractivity contribution is 0.385. The second-order valence-electron chi connectivity index (χ2n) is 4.05. The number of benzene rings is 2. The Morgan fingerprint density at radius 3 is 2.41 bits per heavy atom. The van der Waals surface area contributed by atoms with Gasteiger partial charge in [0.25, 0.3) is 0 Å². The number of phenolic OH excluding ortho intramolecular Hbond substituents is 1. The van der Waals surface area contributed by atoms with E-state index in [9.17, 15) is 5.11 Å². The van der Waals surface area contributed by atoms with Crippen LogP contribution >= 0.6 is 0 Å². The number of epoxide rings is 1. The summed E-state index contributed by atoms with van der Waals surface area (Å²) >= 11 is 0. The van der Waals surface area contributed by atoms with Gasteiger partial charge in [-0.3, -0.25) is 0 Å². The van der Waals surface area contributed by atoms with Gasteiger partial charge < -0.3 is 15.2 Å². The summed E-state index contributed by atoms with van der Waals surface area (Å²) in [5.74, 6) is 0.245. The molecular weight excluding hydrogens is 214 g/mol. The Labute approximate surface area is 99.7 Å². The van der Waals surface area contributed by atoms with E-state index in [0.29, 0.717) is 5.69 Å². The highest BCUT2D eigenvalue weighted by Gasteiger charge is 2.40. The molecule has 1 aliphatic rings. The zero-order chi connectivity index (χ0) is 11.7. The molecule has 0 aliphatic carbocycles. The first-order valence-corrected chi connectivity index (χ1v) is 5.59. The quantitative estimate of drug-likeness (QED) is 0.626. The molecule has 0 radical (unpaired) electrons. The van der Waals surface area contributed by atoms with Gasteiger partial charge in [-0.15, -0.1) is 0 Å². The van der Waals surface area contributed by atoms with Crippen molar-refractivity contribution in [3.63, 3.8) is 0 Å². The van der Waals surface area contributed by atoms with Crippen molar-refractivity contribution in [2.24, 2.45) is 0 Å². The third kappa shape index (κ3) is 2.10. The molecular formula is C14H13NO2. The van der Waals surface area contributed by atoms with Crippen molar-refractivity contribution in [3.05, 3.63) is 60.2 Å². The van der Waals surface area contributed by atoms with E-state index in [1.165, 1.54) is 0 Å². The fourth-order valence-corrected chi connectivity index (χ4v) is 1.87. The van der Waals surface area contributed by atoms with Crippen LogP contribution in [0.5, 0.6) is 5.75 Å². The maximum Gasteiger partial charge on any atom is 0.159 e. The predicted molar refractivity (Wildman–Crippen MR) is 65.8 cm³/mol. The number of para-hydroxylation sites is 2. The van der Waals surface area contributed by atoms with E-state index >= 15 is 0 Å². The van der Waals surface area contributed by atoms with Crippen molar-refractivity contribution < 1.29 is 9.84 Å². The summed E-state index contributed by atoms with van der Waals surface area (Å²) in [7, 11) is 0. The highest BCUT2D eigenvalue weighted by Crippen LogP contribution is 2.40. The van der Waals surface area contributed by atoms with Crippen molar-refractivity contribution in [1.82, 2.24) is 0 Å². The first-order chi connectivity index (χ1) is 8.34. The average molecular weight is 227 g/mol. The molecule has 3 heteroatoms. The van der Waals surface area contributed by atoms with Crippen molar-refractivity contribution in [1.29, 1.82) is 0 Å². The number of anilines is 1. The minimum absolute atomic E-state index is 0.0503. The molecule has 0 saturated carbocycles. The number of ether oxygens (including phenoxy) is 1. The van der Waals surface area contributed by atoms with E-state index in [1.54, 1.807) is 12.1 Å². The maximum atomic E-state index is 9.63. The lowest BCUT2D eigenvalue weighted by atomic mass is 10.1. The van der Waals surface area contributed by atoms with Crippen LogP contribution in [0.15, 0.2) is 54.6 Å². The van der Waals surface area contributed by atoms with E-state index in [0.717, 1.165) is 5.56 Å². The topological polar surface area (TPSA) is 44.8 Å². The molecule has 2 aromatic carbocycles. The minimum Gasteiger partial charge on any atom is -0.506 e. The molecule has 1 saturated heterocycles. The zero-order valence-electron chi connectivity index (χ0n) is 9.21. The summed E-state index contributed by atoms with van der Waals surface area (Å²) in [6.45, 7) is 0. The van der Waals surface area contributed by atoms with Crippen LogP contribution in [0.2, 0.25) is 0 Å². The van der Waals surface area contributed by atoms with E-state index in [-0.39, 0.29) is 18.1 Å². The standard InChI is InChI=1S/C14H13NO2/c16-12-9-5-4-8-11(12)15-14-13(17-14)10-6-2-1-3-7-10/h1-9,13-16H. The summed E-state index contributed by atoms with van der Waals surface area (Å²) in [4.78, 5) is 0. The molecule has 2 atom stereocenters. The number of aromatic hydroxyl groups is 1. The van der Waals surface area contributed by atoms with Gasteiger partial charge in [-0.1, -0.05) is 42.5 Å². The van der Waals surface area contributed by atoms with Gasteiger partial charge in [0.2, 0.25) is 0 Å². The first kappa shape index (κ1) is 10.2. The Bertz CT molecular complexity index is 513. The predicted octanol–water partition coefficient (Wildman–Crippen LogP) is 2.90. The fourth-order valence-electron chi connectivity index (χ4n) is 1.87. The Hall–Kier alpha value is -2.00. The number of phenols is 1. The molecule has 2 N–H and O–H groups in total. The van der Waals surface area contributed by atoms with Gasteiger partial charge in [-0.2, -0.15) is 0 Å². The molecule has 0 amide bonds. The SMILES string of the molecule is Oc1ccccc1NC1OC1c1ccccc1. The second-order valence-corrected chi connectivity index (χ2v) is 4.05. The molecule has 0 spiro atoms. The van der Waals surface area contributed by atoms with Crippen LogP contribution in [0.1, 0.15) is 11.7 Å². The van der Waals surface area contributed by atoms with Gasteiger partial charge in [0.05, 0.1) is 5.69 Å². The Balaban J connectivity index is 1.69. The fraction of sp³-hybridized carbons (Fsp3) is 0.143. The normalized spacial score (nSPS) is 22.1. The number of hydrogen-bond acceptors (Lipinski definition) is 3. The summed E-state index contributed by atoms with van der Waals surface area (Å²) in [6, 6.07) is 17.2. The summed E-state index contributed by atoms with van der Waals surface area (Å²) in [5, 5.41) is 12.8. The first-order valence-electron chi connectivity index (χ1n) is 5.59. The molecule has 0 aromatic heterocycles. The molecule has 2 unspecified atom stereocenters. The van der Waals surface area contributed by atoms with Gasteiger partial charge in [-0.05, 0) is 17.7 Å². The van der Waals surface area contributed by atoms with Gasteiger partial charge >= 0.3 is 0 Å². The number of rotatable bonds is 3. The van der Waals surface area contributed by atoms with Crippen molar-refractivity contribution in [3.8, 4) is 5.75 Å². The summed E-state index contributed by atoms with van der Waals surface area (Å²) in [6.07, 6.45) is 0.0292. The van der Waals surface area contributed by atoms with Crippen LogP contribution < -0.4 is 5.32 Å². The van der Waals surface area contributed by atoms with Gasteiger partial charge in [0, 0.05) is 0 Å². The van der Waals surface area contributed by atoms with Crippen LogP contribution in [0, 0.1) is 0 Å². The molecule has 1 fully saturated rings. The van der Waals surface area contributed by atoms with Gasteiger partial charge in [0.1, 0.15) is 11.9 Å². The highest BCUT2D eigenvalue weighted by molar-refractivity contribution is 5.56. The lowest BCUT2D eigenvalue weighted by Crippen LogP contribution is -2.04. The smallest absolute Gasteiger partial charge is 0.159 e. The van der Waals surface area contributed by atoms with E-state index in [4.69, 9.17) is 4.74 Å². The van der Waals surface area contributed by atoms with Gasteiger partial charge in [0.15, 0.2) is 6.23 Å². The number of hydrogen-bond donors (Lipinski definition) is 2. The molecule has 3 rings (SSSR count). The van der Waals surface area contributed by atoms with Crippen molar-refractivity contribution >= 4 is 5.69 Å². The van der Waals surface area contributed by atoms with E-state index in [2.05, 4.69) is 5.32 Å². The monoisotopic (exact) mass is 227 g/mol. The van der Waals surface area contributed by atoms with Crippen molar-refractivity contribution in [2.45, 2.75) is 12.3 Å². The molecule has 1 heterocycles. The van der Waals surface area contributed by atoms with Gasteiger partial charge in [-0.25, -0.2) is 0 Å². The maximum absolute atomic E-state index is 9.63. The van der Waals surface area contributed by atoms with Crippen LogP contribution in [0.4, 0.5) is 5.69 Å². The molecule has 86 valence electrons. The Morgan fingerprint density at radius 2 is 1.65 bits per heavy atom. The van der Waals surface area contributed by atoms with Crippen LogP contribution in [0.25, 0.3) is 0 Å². The molecule has 3 nitrogen and oxygen atoms in total. The third-order valence-corrected chi connectivity index (χ3v) is 2.82. The van der Waals surface area contributed by atoms with Crippen LogP contribution in [-0.2, 0) is 4.74 Å².